The van der Waals surface area contributed by atoms with Crippen LogP contribution in [0.25, 0.3) is 0 Å². The molecule has 21 heteroatoms. The average Bonchev–Trinajstić information content (AvgIpc) is 1.62. The van der Waals surface area contributed by atoms with E-state index in [4.69, 9.17) is 57.4 Å². The normalized spacial score (nSPS) is 11.2. The molecule has 0 rings (SSSR count). The molecule has 0 aliphatic heterocycles. The third-order valence-corrected chi connectivity index (χ3v) is 0. The standard InChI is InChI=1S/4H4NO3P.Na.H/c4*1-5(2,3)4;;/h4*(H4,1,2,3,4);;/q;;;;+1;-1. The minimum absolute atomic E-state index is 0. The molecule has 0 amide bonds. The summed E-state index contributed by atoms with van der Waals surface area (Å²) in [5, 5.41) is 0. The van der Waals surface area contributed by atoms with Crippen molar-refractivity contribution in [3.05, 3.63) is 0 Å². The Balaban J connectivity index is -0.0000000376. The van der Waals surface area contributed by atoms with Crippen molar-refractivity contribution in [3.63, 3.8) is 0 Å². The molecule has 0 aromatic rings. The molecular formula is H17N4NaO12P4. The summed E-state index contributed by atoms with van der Waals surface area (Å²) in [6.45, 7) is 0. The summed E-state index contributed by atoms with van der Waals surface area (Å²) in [7, 11) is -16.6. The third kappa shape index (κ3) is 3910. The molecule has 0 saturated carbocycles. The van der Waals surface area contributed by atoms with Gasteiger partial charge in [-0.2, -0.15) is 0 Å². The van der Waals surface area contributed by atoms with Crippen LogP contribution in [0.5, 0.6) is 0 Å². The minimum Gasteiger partial charge on any atom is -1.00 e. The summed E-state index contributed by atoms with van der Waals surface area (Å²) in [6.07, 6.45) is 0. The molecule has 0 aliphatic rings. The summed E-state index contributed by atoms with van der Waals surface area (Å²) in [5.41, 5.74) is 16.1. The van der Waals surface area contributed by atoms with Gasteiger partial charge < -0.3 is 40.6 Å². The van der Waals surface area contributed by atoms with Crippen LogP contribution in [0, 0.1) is 0 Å². The fourth-order valence-corrected chi connectivity index (χ4v) is 0. The summed E-state index contributed by atoms with van der Waals surface area (Å²) >= 11 is 0. The smallest absolute Gasteiger partial charge is 1.00 e. The van der Waals surface area contributed by atoms with E-state index in [1.54, 1.807) is 0 Å². The minimum atomic E-state index is -4.14. The number of hydrogen-bond donors (Lipinski definition) is 12. The van der Waals surface area contributed by atoms with Gasteiger partial charge >= 0.3 is 60.5 Å². The van der Waals surface area contributed by atoms with E-state index < -0.39 is 31.0 Å². The first kappa shape index (κ1) is 33.9. The monoisotopic (exact) mass is 412 g/mol. The Morgan fingerprint density at radius 3 is 0.476 bits per heavy atom. The molecule has 0 aromatic carbocycles. The van der Waals surface area contributed by atoms with Crippen LogP contribution in [0.4, 0.5) is 0 Å². The van der Waals surface area contributed by atoms with Gasteiger partial charge in [-0.1, -0.05) is 0 Å². The molecule has 0 bridgehead atoms. The van der Waals surface area contributed by atoms with Gasteiger partial charge in [0.1, 0.15) is 0 Å². The Hall–Kier alpha value is 1.44. The molecule has 21 heavy (non-hydrogen) atoms. The first-order chi connectivity index (χ1) is 8.00. The average molecular weight is 412 g/mol. The molecule has 0 radical (unpaired) electrons. The van der Waals surface area contributed by atoms with Crippen molar-refractivity contribution in [2.45, 2.75) is 0 Å². The van der Waals surface area contributed by atoms with Crippen LogP contribution in [-0.2, 0) is 18.3 Å². The first-order valence-electron chi connectivity index (χ1n) is 3.36. The molecule has 0 heterocycles. The summed E-state index contributed by atoms with van der Waals surface area (Å²) in [5.74, 6) is 0. The predicted molar refractivity (Wildman–Crippen MR) is 66.0 cm³/mol. The second-order valence-electron chi connectivity index (χ2n) is 2.36. The van der Waals surface area contributed by atoms with Crippen molar-refractivity contribution in [2.24, 2.45) is 22.0 Å². The SMILES string of the molecule is NP(=O)(O)O.NP(=O)(O)O.NP(=O)(O)O.NP(=O)(O)O.[H-].[Na+]. The number of nitrogens with two attached hydrogens (primary N) is 4. The molecule has 0 atom stereocenters. The predicted octanol–water partition coefficient (Wildman–Crippen LogP) is -6.73. The molecule has 0 aromatic heterocycles. The Kier molecular flexibility index (Phi) is 22.4. The molecule has 0 unspecified atom stereocenters. The van der Waals surface area contributed by atoms with Crippen LogP contribution in [0.3, 0.4) is 0 Å². The van der Waals surface area contributed by atoms with Crippen molar-refractivity contribution in [1.29, 1.82) is 0 Å². The molecule has 0 aliphatic carbocycles. The van der Waals surface area contributed by atoms with Gasteiger partial charge in [-0.25, -0.2) is 40.3 Å². The topological polar surface area (TPSA) is 334 Å². The molecule has 16 N–H and O–H groups in total. The molecular weight excluding hydrogens is 395 g/mol. The fourth-order valence-electron chi connectivity index (χ4n) is 0. The van der Waals surface area contributed by atoms with Crippen LogP contribution in [0.15, 0.2) is 0 Å². The van der Waals surface area contributed by atoms with Crippen molar-refractivity contribution < 1.29 is 88.4 Å². The molecule has 130 valence electrons. The van der Waals surface area contributed by atoms with Crippen molar-refractivity contribution in [1.82, 2.24) is 0 Å². The molecule has 0 fully saturated rings. The van der Waals surface area contributed by atoms with E-state index in [9.17, 15) is 0 Å². The first-order valence-corrected chi connectivity index (χ1v) is 10.1. The van der Waals surface area contributed by atoms with Gasteiger partial charge in [-0.05, 0) is 0 Å². The zero-order chi connectivity index (χ0) is 18.0. The Bertz CT molecular complexity index is 304. The van der Waals surface area contributed by atoms with E-state index >= 15 is 0 Å². The van der Waals surface area contributed by atoms with Gasteiger partial charge in [0.05, 0.1) is 0 Å². The van der Waals surface area contributed by atoms with E-state index in [2.05, 4.69) is 22.0 Å². The quantitative estimate of drug-likeness (QED) is 0.130. The fraction of sp³-hybridized carbons (Fsp3) is 0. The van der Waals surface area contributed by atoms with Gasteiger partial charge in [-0.3, -0.25) is 0 Å². The maximum atomic E-state index is 9.10. The van der Waals surface area contributed by atoms with Gasteiger partial charge in [-0.15, -0.1) is 0 Å². The third-order valence-electron chi connectivity index (χ3n) is 0. The van der Waals surface area contributed by atoms with Crippen molar-refractivity contribution in [3.8, 4) is 0 Å². The van der Waals surface area contributed by atoms with Gasteiger partial charge in [0.15, 0.2) is 0 Å². The summed E-state index contributed by atoms with van der Waals surface area (Å²) in [4.78, 5) is 59.3. The van der Waals surface area contributed by atoms with E-state index in [0.29, 0.717) is 0 Å². The van der Waals surface area contributed by atoms with Crippen molar-refractivity contribution >= 4 is 31.0 Å². The number of rotatable bonds is 0. The van der Waals surface area contributed by atoms with Gasteiger partial charge in [0.25, 0.3) is 0 Å². The van der Waals surface area contributed by atoms with E-state index in [-0.39, 0.29) is 31.0 Å². The molecule has 0 saturated heterocycles. The second kappa shape index (κ2) is 13.8. The van der Waals surface area contributed by atoms with E-state index in [0.717, 1.165) is 0 Å². The van der Waals surface area contributed by atoms with Gasteiger partial charge in [0, 0.05) is 0 Å². The van der Waals surface area contributed by atoms with Crippen LogP contribution in [-0.4, -0.2) is 39.1 Å². The van der Waals surface area contributed by atoms with Crippen LogP contribution in [0.1, 0.15) is 1.43 Å². The van der Waals surface area contributed by atoms with Crippen LogP contribution in [0.2, 0.25) is 0 Å². The summed E-state index contributed by atoms with van der Waals surface area (Å²) in [6, 6.07) is 0. The zero-order valence-electron chi connectivity index (χ0n) is 11.3. The number of hydrogen-bond acceptors (Lipinski definition) is 4. The van der Waals surface area contributed by atoms with Gasteiger partial charge in [0.2, 0.25) is 0 Å². The Morgan fingerprint density at radius 1 is 0.476 bits per heavy atom. The van der Waals surface area contributed by atoms with Crippen molar-refractivity contribution in [2.75, 3.05) is 0 Å². The Morgan fingerprint density at radius 2 is 0.476 bits per heavy atom. The van der Waals surface area contributed by atoms with E-state index in [1.807, 2.05) is 0 Å². The second-order valence-corrected chi connectivity index (χ2v) is 7.07. The Labute approximate surface area is 141 Å². The zero-order valence-corrected chi connectivity index (χ0v) is 15.9. The van der Waals surface area contributed by atoms with E-state index in [1.165, 1.54) is 0 Å². The van der Waals surface area contributed by atoms with Crippen LogP contribution >= 0.6 is 31.0 Å². The molecule has 16 nitrogen and oxygen atoms in total. The maximum Gasteiger partial charge on any atom is 1.00 e. The largest absolute Gasteiger partial charge is 1.00 e. The molecule has 0 spiro atoms. The summed E-state index contributed by atoms with van der Waals surface area (Å²) < 4.78 is 36.4. The maximum absolute atomic E-state index is 9.10. The van der Waals surface area contributed by atoms with Crippen LogP contribution < -0.4 is 51.6 Å².